The maximum absolute atomic E-state index is 2.39. The zero-order valence-electron chi connectivity index (χ0n) is 29.8. The van der Waals surface area contributed by atoms with E-state index >= 15 is 0 Å². The Balaban J connectivity index is 1.03. The molecular formula is C52H33NS2. The van der Waals surface area contributed by atoms with Gasteiger partial charge in [-0.25, -0.2) is 0 Å². The molecule has 0 radical (unpaired) electrons. The first-order valence-electron chi connectivity index (χ1n) is 18.7. The van der Waals surface area contributed by atoms with Crippen molar-refractivity contribution >= 4 is 90.9 Å². The van der Waals surface area contributed by atoms with Crippen LogP contribution in [-0.4, -0.2) is 0 Å². The summed E-state index contributed by atoms with van der Waals surface area (Å²) in [5.41, 5.74) is 10.7. The molecule has 9 aromatic carbocycles. The van der Waals surface area contributed by atoms with Gasteiger partial charge < -0.3 is 4.90 Å². The zero-order chi connectivity index (χ0) is 36.3. The highest BCUT2D eigenvalue weighted by Crippen LogP contribution is 2.44. The molecule has 0 fully saturated rings. The van der Waals surface area contributed by atoms with Crippen LogP contribution in [-0.2, 0) is 0 Å². The van der Waals surface area contributed by atoms with Crippen molar-refractivity contribution in [1.82, 2.24) is 0 Å². The quantitative estimate of drug-likeness (QED) is 0.164. The van der Waals surface area contributed by atoms with E-state index in [9.17, 15) is 0 Å². The van der Waals surface area contributed by atoms with Crippen molar-refractivity contribution in [3.05, 3.63) is 200 Å². The Morgan fingerprint density at radius 1 is 0.309 bits per heavy atom. The van der Waals surface area contributed by atoms with E-state index in [-0.39, 0.29) is 0 Å². The maximum atomic E-state index is 2.39. The normalized spacial score (nSPS) is 11.6. The van der Waals surface area contributed by atoms with Crippen LogP contribution in [0.3, 0.4) is 0 Å². The van der Waals surface area contributed by atoms with Gasteiger partial charge in [-0.15, -0.1) is 22.7 Å². The van der Waals surface area contributed by atoms with E-state index in [1.807, 2.05) is 22.7 Å². The Bertz CT molecular complexity index is 3200. The standard InChI is InChI=1S/C52H33NS2/c1-2-11-37-32-38(23-22-34(37)10-1)35-24-28-40(29-25-35)53(41-30-26-36(27-31-41)43-16-9-21-50-51(43)47-15-4-6-20-49(47)54-50)42-13-7-12-39(33-42)44-17-8-18-46-45-14-3-5-19-48(45)55-52(44)46/h1-33H. The lowest BCUT2D eigenvalue weighted by Gasteiger charge is -2.26. The van der Waals surface area contributed by atoms with E-state index in [4.69, 9.17) is 0 Å². The topological polar surface area (TPSA) is 3.24 Å². The maximum Gasteiger partial charge on any atom is 0.0467 e. The van der Waals surface area contributed by atoms with Crippen LogP contribution < -0.4 is 4.90 Å². The summed E-state index contributed by atoms with van der Waals surface area (Å²) in [6.07, 6.45) is 0. The van der Waals surface area contributed by atoms with Gasteiger partial charge in [0.15, 0.2) is 0 Å². The first-order chi connectivity index (χ1) is 27.2. The van der Waals surface area contributed by atoms with Crippen LogP contribution in [0.2, 0.25) is 0 Å². The van der Waals surface area contributed by atoms with Gasteiger partial charge in [0.1, 0.15) is 0 Å². The molecule has 258 valence electrons. The highest BCUT2D eigenvalue weighted by molar-refractivity contribution is 7.26. The molecule has 0 saturated heterocycles. The van der Waals surface area contributed by atoms with Crippen molar-refractivity contribution in [2.75, 3.05) is 4.90 Å². The minimum Gasteiger partial charge on any atom is -0.310 e. The average Bonchev–Trinajstić information content (AvgIpc) is 3.83. The molecule has 3 heteroatoms. The van der Waals surface area contributed by atoms with Gasteiger partial charge in [0, 0.05) is 57.4 Å². The molecule has 0 bridgehead atoms. The number of anilines is 3. The minimum absolute atomic E-state index is 1.11. The van der Waals surface area contributed by atoms with Crippen molar-refractivity contribution in [2.45, 2.75) is 0 Å². The van der Waals surface area contributed by atoms with Crippen molar-refractivity contribution in [3.63, 3.8) is 0 Å². The molecule has 1 nitrogen and oxygen atoms in total. The number of thiophene rings is 2. The summed E-state index contributed by atoms with van der Waals surface area (Å²) in [5.74, 6) is 0. The van der Waals surface area contributed by atoms with Crippen LogP contribution in [0.25, 0.3) is 84.5 Å². The smallest absolute Gasteiger partial charge is 0.0467 e. The first kappa shape index (κ1) is 32.0. The third-order valence-corrected chi connectivity index (χ3v) is 13.2. The second-order valence-electron chi connectivity index (χ2n) is 14.1. The third-order valence-electron chi connectivity index (χ3n) is 10.9. The number of fused-ring (bicyclic) bond motifs is 7. The van der Waals surface area contributed by atoms with Crippen LogP contribution in [0.5, 0.6) is 0 Å². The molecule has 2 heterocycles. The fourth-order valence-electron chi connectivity index (χ4n) is 8.21. The van der Waals surface area contributed by atoms with Gasteiger partial charge in [-0.05, 0) is 105 Å². The van der Waals surface area contributed by atoms with Crippen LogP contribution >= 0.6 is 22.7 Å². The van der Waals surface area contributed by atoms with Crippen LogP contribution in [0.15, 0.2) is 200 Å². The average molecular weight is 736 g/mol. The molecule has 0 atom stereocenters. The van der Waals surface area contributed by atoms with E-state index in [1.54, 1.807) is 0 Å². The number of rotatable bonds is 6. The second-order valence-corrected chi connectivity index (χ2v) is 16.2. The van der Waals surface area contributed by atoms with E-state index < -0.39 is 0 Å². The molecule has 0 amide bonds. The number of nitrogens with zero attached hydrogens (tertiary/aromatic N) is 1. The van der Waals surface area contributed by atoms with Crippen molar-refractivity contribution in [3.8, 4) is 33.4 Å². The number of hydrogen-bond acceptors (Lipinski definition) is 3. The summed E-state index contributed by atoms with van der Waals surface area (Å²) < 4.78 is 5.29. The van der Waals surface area contributed by atoms with E-state index in [0.29, 0.717) is 0 Å². The molecule has 0 unspecified atom stereocenters. The third kappa shape index (κ3) is 5.51. The van der Waals surface area contributed by atoms with Gasteiger partial charge in [-0.3, -0.25) is 0 Å². The lowest BCUT2D eigenvalue weighted by Crippen LogP contribution is -2.10. The Morgan fingerprint density at radius 3 is 1.73 bits per heavy atom. The summed E-state index contributed by atoms with van der Waals surface area (Å²) in [7, 11) is 0. The molecule has 11 rings (SSSR count). The Morgan fingerprint density at radius 2 is 0.909 bits per heavy atom. The molecule has 0 aliphatic carbocycles. The molecule has 0 aliphatic rings. The van der Waals surface area contributed by atoms with Crippen molar-refractivity contribution in [2.24, 2.45) is 0 Å². The lowest BCUT2D eigenvalue weighted by atomic mass is 9.98. The summed E-state index contributed by atoms with van der Waals surface area (Å²) in [6, 6.07) is 73.4. The van der Waals surface area contributed by atoms with Gasteiger partial charge in [0.2, 0.25) is 0 Å². The summed E-state index contributed by atoms with van der Waals surface area (Å²) in [6.45, 7) is 0. The largest absolute Gasteiger partial charge is 0.310 e. The molecule has 11 aromatic rings. The highest BCUT2D eigenvalue weighted by atomic mass is 32.1. The predicted molar refractivity (Wildman–Crippen MR) is 241 cm³/mol. The van der Waals surface area contributed by atoms with E-state index in [0.717, 1.165) is 17.1 Å². The van der Waals surface area contributed by atoms with Gasteiger partial charge in [0.25, 0.3) is 0 Å². The molecule has 0 saturated carbocycles. The van der Waals surface area contributed by atoms with Gasteiger partial charge in [0.05, 0.1) is 0 Å². The molecule has 0 aliphatic heterocycles. The van der Waals surface area contributed by atoms with Crippen LogP contribution in [0, 0.1) is 0 Å². The van der Waals surface area contributed by atoms with Crippen molar-refractivity contribution < 1.29 is 0 Å². The molecular weight excluding hydrogens is 703 g/mol. The molecule has 0 spiro atoms. The Labute approximate surface area is 327 Å². The lowest BCUT2D eigenvalue weighted by molar-refractivity contribution is 1.28. The Hall–Kier alpha value is -6.52. The van der Waals surface area contributed by atoms with Crippen molar-refractivity contribution in [1.29, 1.82) is 0 Å². The van der Waals surface area contributed by atoms with E-state index in [2.05, 4.69) is 205 Å². The SMILES string of the molecule is c1cc(-c2cccc3c2sc2ccccc23)cc(N(c2ccc(-c3ccc4ccccc4c3)cc2)c2ccc(-c3cccc4sc5ccccc5c34)cc2)c1. The number of hydrogen-bond donors (Lipinski definition) is 0. The summed E-state index contributed by atoms with van der Waals surface area (Å²) in [4.78, 5) is 2.39. The van der Waals surface area contributed by atoms with E-state index in [1.165, 1.54) is 84.5 Å². The van der Waals surface area contributed by atoms with Gasteiger partial charge in [-0.2, -0.15) is 0 Å². The fourth-order valence-corrected chi connectivity index (χ4v) is 10.6. The van der Waals surface area contributed by atoms with Crippen LogP contribution in [0.1, 0.15) is 0 Å². The van der Waals surface area contributed by atoms with Gasteiger partial charge >= 0.3 is 0 Å². The van der Waals surface area contributed by atoms with Gasteiger partial charge in [-0.1, -0.05) is 140 Å². The summed E-state index contributed by atoms with van der Waals surface area (Å²) >= 11 is 3.75. The van der Waals surface area contributed by atoms with Crippen LogP contribution in [0.4, 0.5) is 17.1 Å². The first-order valence-corrected chi connectivity index (χ1v) is 20.3. The number of benzene rings is 9. The molecule has 0 N–H and O–H groups in total. The fraction of sp³-hybridized carbons (Fsp3) is 0. The monoisotopic (exact) mass is 735 g/mol. The zero-order valence-corrected chi connectivity index (χ0v) is 31.4. The molecule has 55 heavy (non-hydrogen) atoms. The highest BCUT2D eigenvalue weighted by Gasteiger charge is 2.17. The Kier molecular flexibility index (Phi) is 7.61. The predicted octanol–water partition coefficient (Wildman–Crippen LogP) is 16.0. The minimum atomic E-state index is 1.11. The summed E-state index contributed by atoms with van der Waals surface area (Å²) in [5, 5.41) is 7.80. The second kappa shape index (κ2) is 13.1. The molecule has 2 aromatic heterocycles.